The second-order valence-corrected chi connectivity index (χ2v) is 7.24. The lowest BCUT2D eigenvalue weighted by Gasteiger charge is -2.35. The molecular weight excluding hydrogens is 340 g/mol. The van der Waals surface area contributed by atoms with E-state index in [2.05, 4.69) is 4.98 Å². The molecule has 3 amide bonds. The molecule has 0 aromatic carbocycles. The van der Waals surface area contributed by atoms with Gasteiger partial charge in [0.25, 0.3) is 11.1 Å². The monoisotopic (exact) mass is 358 g/mol. The van der Waals surface area contributed by atoms with Crippen molar-refractivity contribution < 1.29 is 14.4 Å². The molecule has 2 saturated heterocycles. The van der Waals surface area contributed by atoms with E-state index in [0.29, 0.717) is 37.3 Å². The quantitative estimate of drug-likeness (QED) is 0.820. The summed E-state index contributed by atoms with van der Waals surface area (Å²) < 4.78 is 1.81. The van der Waals surface area contributed by atoms with E-state index in [9.17, 15) is 14.4 Å². The van der Waals surface area contributed by atoms with Crippen LogP contribution in [-0.2, 0) is 4.79 Å². The Morgan fingerprint density at radius 2 is 2.00 bits per heavy atom. The Morgan fingerprint density at radius 1 is 1.24 bits per heavy atom. The molecule has 8 heteroatoms. The van der Waals surface area contributed by atoms with Crippen LogP contribution in [0.2, 0.25) is 0 Å². The standard InChI is InChI=1S/C17H18N4O3S/c1-11-15(20-7-3-2-4-13(20)18-11)16(23)19-8-5-12(6-9-19)21-14(22)10-25-17(21)24/h2-4,7,12H,5-6,8-10H2,1H3. The molecule has 0 aliphatic carbocycles. The summed E-state index contributed by atoms with van der Waals surface area (Å²) in [4.78, 5) is 44.3. The van der Waals surface area contributed by atoms with Crippen LogP contribution in [-0.4, -0.2) is 61.1 Å². The molecule has 2 fully saturated rings. The van der Waals surface area contributed by atoms with Crippen LogP contribution >= 0.6 is 11.8 Å². The Labute approximate surface area is 149 Å². The number of fused-ring (bicyclic) bond motifs is 1. The third-order valence-electron chi connectivity index (χ3n) is 4.81. The highest BCUT2D eigenvalue weighted by Gasteiger charge is 2.38. The van der Waals surface area contributed by atoms with E-state index in [1.807, 2.05) is 35.7 Å². The van der Waals surface area contributed by atoms with Crippen LogP contribution < -0.4 is 0 Å². The topological polar surface area (TPSA) is 75.0 Å². The fourth-order valence-corrected chi connectivity index (χ4v) is 4.34. The number of thioether (sulfide) groups is 1. The van der Waals surface area contributed by atoms with Gasteiger partial charge in [-0.2, -0.15) is 0 Å². The number of likely N-dealkylation sites (tertiary alicyclic amines) is 1. The number of amides is 3. The van der Waals surface area contributed by atoms with Crippen molar-refractivity contribution in [2.24, 2.45) is 0 Å². The number of imide groups is 1. The minimum absolute atomic E-state index is 0.0527. The molecule has 2 aliphatic heterocycles. The van der Waals surface area contributed by atoms with Crippen molar-refractivity contribution >= 4 is 34.5 Å². The van der Waals surface area contributed by atoms with Crippen LogP contribution in [0.15, 0.2) is 24.4 Å². The van der Waals surface area contributed by atoms with Gasteiger partial charge in [-0.3, -0.25) is 23.7 Å². The number of aryl methyl sites for hydroxylation is 1. The van der Waals surface area contributed by atoms with Crippen LogP contribution in [0.25, 0.3) is 5.65 Å². The summed E-state index contributed by atoms with van der Waals surface area (Å²) in [5.74, 6) is 0.0689. The molecule has 25 heavy (non-hydrogen) atoms. The van der Waals surface area contributed by atoms with E-state index in [1.54, 1.807) is 4.90 Å². The zero-order valence-corrected chi connectivity index (χ0v) is 14.7. The second kappa shape index (κ2) is 6.18. The smallest absolute Gasteiger partial charge is 0.289 e. The number of carbonyl (C=O) groups excluding carboxylic acids is 3. The molecule has 2 aromatic rings. The highest BCUT2D eigenvalue weighted by Crippen LogP contribution is 2.27. The van der Waals surface area contributed by atoms with Crippen molar-refractivity contribution in [3.05, 3.63) is 35.8 Å². The van der Waals surface area contributed by atoms with E-state index in [4.69, 9.17) is 0 Å². The number of nitrogens with zero attached hydrogens (tertiary/aromatic N) is 4. The largest absolute Gasteiger partial charge is 0.337 e. The lowest BCUT2D eigenvalue weighted by molar-refractivity contribution is -0.126. The van der Waals surface area contributed by atoms with Gasteiger partial charge < -0.3 is 4.90 Å². The highest BCUT2D eigenvalue weighted by atomic mass is 32.2. The molecule has 4 heterocycles. The molecule has 0 atom stereocenters. The molecule has 130 valence electrons. The van der Waals surface area contributed by atoms with Crippen LogP contribution in [0, 0.1) is 6.92 Å². The van der Waals surface area contributed by atoms with E-state index >= 15 is 0 Å². The first-order valence-corrected chi connectivity index (χ1v) is 9.26. The lowest BCUT2D eigenvalue weighted by Crippen LogP contribution is -2.48. The third kappa shape index (κ3) is 2.70. The van der Waals surface area contributed by atoms with Gasteiger partial charge in [-0.15, -0.1) is 0 Å². The molecule has 4 rings (SSSR count). The van der Waals surface area contributed by atoms with Crippen LogP contribution in [0.5, 0.6) is 0 Å². The molecule has 0 bridgehead atoms. The number of hydrogen-bond donors (Lipinski definition) is 0. The molecule has 7 nitrogen and oxygen atoms in total. The van der Waals surface area contributed by atoms with Gasteiger partial charge in [0.1, 0.15) is 11.3 Å². The van der Waals surface area contributed by atoms with Crippen LogP contribution in [0.4, 0.5) is 4.79 Å². The van der Waals surface area contributed by atoms with Gasteiger partial charge >= 0.3 is 0 Å². The zero-order valence-electron chi connectivity index (χ0n) is 13.8. The Balaban J connectivity index is 1.50. The second-order valence-electron chi connectivity index (χ2n) is 6.32. The maximum Gasteiger partial charge on any atom is 0.289 e. The molecular formula is C17H18N4O3S. The van der Waals surface area contributed by atoms with Gasteiger partial charge in [0, 0.05) is 25.3 Å². The van der Waals surface area contributed by atoms with Gasteiger partial charge in [-0.1, -0.05) is 17.8 Å². The van der Waals surface area contributed by atoms with Crippen molar-refractivity contribution in [3.63, 3.8) is 0 Å². The Kier molecular flexibility index (Phi) is 3.99. The van der Waals surface area contributed by atoms with E-state index < -0.39 is 0 Å². The predicted molar refractivity (Wildman–Crippen MR) is 93.6 cm³/mol. The highest BCUT2D eigenvalue weighted by molar-refractivity contribution is 8.14. The molecule has 0 spiro atoms. The van der Waals surface area contributed by atoms with E-state index in [0.717, 1.165) is 17.4 Å². The Morgan fingerprint density at radius 3 is 2.68 bits per heavy atom. The summed E-state index contributed by atoms with van der Waals surface area (Å²) in [5.41, 5.74) is 2.04. The molecule has 0 unspecified atom stereocenters. The summed E-state index contributed by atoms with van der Waals surface area (Å²) in [7, 11) is 0. The van der Waals surface area contributed by atoms with Gasteiger partial charge in [-0.25, -0.2) is 4.98 Å². The summed E-state index contributed by atoms with van der Waals surface area (Å²) in [5, 5.41) is -0.160. The summed E-state index contributed by atoms with van der Waals surface area (Å²) in [6.45, 7) is 2.90. The van der Waals surface area contributed by atoms with Crippen molar-refractivity contribution in [2.45, 2.75) is 25.8 Å². The number of rotatable bonds is 2. The average molecular weight is 358 g/mol. The maximum absolute atomic E-state index is 13.0. The van der Waals surface area contributed by atoms with Crippen LogP contribution in [0.3, 0.4) is 0 Å². The third-order valence-corrected chi connectivity index (χ3v) is 5.64. The van der Waals surface area contributed by atoms with Gasteiger partial charge in [0.2, 0.25) is 5.91 Å². The number of imidazole rings is 1. The summed E-state index contributed by atoms with van der Waals surface area (Å²) in [6, 6.07) is 5.55. The first-order chi connectivity index (χ1) is 12.1. The molecule has 0 saturated carbocycles. The lowest BCUT2D eigenvalue weighted by atomic mass is 10.0. The van der Waals surface area contributed by atoms with Gasteiger partial charge in [0.05, 0.1) is 11.4 Å². The minimum atomic E-state index is -0.160. The van der Waals surface area contributed by atoms with Gasteiger partial charge in [0.15, 0.2) is 0 Å². The average Bonchev–Trinajstić information content (AvgIpc) is 3.13. The van der Waals surface area contributed by atoms with Crippen LogP contribution in [0.1, 0.15) is 29.0 Å². The molecule has 2 aromatic heterocycles. The van der Waals surface area contributed by atoms with Crippen molar-refractivity contribution in [2.75, 3.05) is 18.8 Å². The van der Waals surface area contributed by atoms with Crippen molar-refractivity contribution in [3.8, 4) is 0 Å². The predicted octanol–water partition coefficient (Wildman–Crippen LogP) is 1.94. The maximum atomic E-state index is 13.0. The summed E-state index contributed by atoms with van der Waals surface area (Å²) >= 11 is 1.06. The first-order valence-electron chi connectivity index (χ1n) is 8.28. The van der Waals surface area contributed by atoms with Gasteiger partial charge in [-0.05, 0) is 31.9 Å². The van der Waals surface area contributed by atoms with E-state index in [1.165, 1.54) is 4.90 Å². The number of piperidine rings is 1. The fourth-order valence-electron chi connectivity index (χ4n) is 3.57. The number of pyridine rings is 1. The normalized spacial score (nSPS) is 19.2. The van der Waals surface area contributed by atoms with Crippen molar-refractivity contribution in [1.82, 2.24) is 19.2 Å². The zero-order chi connectivity index (χ0) is 17.6. The first kappa shape index (κ1) is 16.1. The molecule has 0 radical (unpaired) electrons. The van der Waals surface area contributed by atoms with E-state index in [-0.39, 0.29) is 28.8 Å². The number of carbonyl (C=O) groups is 3. The number of aromatic nitrogens is 2. The fraction of sp³-hybridized carbons (Fsp3) is 0.412. The molecule has 0 N–H and O–H groups in total. The number of hydrogen-bond acceptors (Lipinski definition) is 5. The van der Waals surface area contributed by atoms with Crippen molar-refractivity contribution in [1.29, 1.82) is 0 Å². The Hall–Kier alpha value is -2.35. The molecule has 2 aliphatic rings. The Bertz CT molecular complexity index is 854. The minimum Gasteiger partial charge on any atom is -0.337 e. The summed E-state index contributed by atoms with van der Waals surface area (Å²) in [6.07, 6.45) is 3.09. The SMILES string of the molecule is Cc1nc2ccccn2c1C(=O)N1CCC(N2C(=O)CSC2=O)CC1.